The van der Waals surface area contributed by atoms with Crippen molar-refractivity contribution in [3.63, 3.8) is 0 Å². The Labute approximate surface area is 159 Å². The molecule has 146 valence electrons. The van der Waals surface area contributed by atoms with Crippen molar-refractivity contribution in [1.82, 2.24) is 9.29 Å². The lowest BCUT2D eigenvalue weighted by atomic mass is 10.2. The number of nitrogens with zero attached hydrogens (tertiary/aromatic N) is 3. The highest BCUT2D eigenvalue weighted by Gasteiger charge is 2.26. The molecular formula is C19H24FN3O3S. The van der Waals surface area contributed by atoms with Gasteiger partial charge in [-0.05, 0) is 37.1 Å². The molecule has 6 nitrogen and oxygen atoms in total. The van der Waals surface area contributed by atoms with E-state index in [1.54, 1.807) is 30.3 Å². The summed E-state index contributed by atoms with van der Waals surface area (Å²) in [4.78, 5) is 6.32. The van der Waals surface area contributed by atoms with Crippen LogP contribution < -0.4 is 9.64 Å². The number of aromatic nitrogens is 1. The Kier molecular flexibility index (Phi) is 6.28. The number of hydrogen-bond acceptors (Lipinski definition) is 5. The maximum Gasteiger partial charge on any atom is 0.244 e. The van der Waals surface area contributed by atoms with E-state index >= 15 is 0 Å². The molecule has 1 aliphatic heterocycles. The highest BCUT2D eigenvalue weighted by molar-refractivity contribution is 7.89. The van der Waals surface area contributed by atoms with Crippen LogP contribution in [-0.4, -0.2) is 51.0 Å². The molecule has 1 saturated heterocycles. The minimum atomic E-state index is -3.48. The van der Waals surface area contributed by atoms with Crippen molar-refractivity contribution < 1.29 is 17.5 Å². The van der Waals surface area contributed by atoms with E-state index < -0.39 is 15.8 Å². The maximum absolute atomic E-state index is 13.5. The molecule has 1 fully saturated rings. The summed E-state index contributed by atoms with van der Waals surface area (Å²) in [6.07, 6.45) is 4.27. The third-order valence-electron chi connectivity index (χ3n) is 4.59. The van der Waals surface area contributed by atoms with E-state index in [1.165, 1.54) is 16.6 Å². The zero-order valence-corrected chi connectivity index (χ0v) is 16.2. The second kappa shape index (κ2) is 8.67. The minimum absolute atomic E-state index is 0.210. The van der Waals surface area contributed by atoms with Gasteiger partial charge in [0.1, 0.15) is 17.3 Å². The molecule has 0 atom stereocenters. The fourth-order valence-electron chi connectivity index (χ4n) is 2.97. The van der Waals surface area contributed by atoms with Gasteiger partial charge in [-0.1, -0.05) is 18.6 Å². The fourth-order valence-corrected chi connectivity index (χ4v) is 4.44. The summed E-state index contributed by atoms with van der Waals surface area (Å²) in [6.45, 7) is 1.90. The van der Waals surface area contributed by atoms with Crippen LogP contribution in [0.1, 0.15) is 19.3 Å². The van der Waals surface area contributed by atoms with Crippen LogP contribution in [0.25, 0.3) is 0 Å². The van der Waals surface area contributed by atoms with Gasteiger partial charge in [-0.15, -0.1) is 0 Å². The van der Waals surface area contributed by atoms with Gasteiger partial charge in [0.25, 0.3) is 0 Å². The summed E-state index contributed by atoms with van der Waals surface area (Å²) in [7, 11) is -1.65. The Bertz CT molecular complexity index is 853. The van der Waals surface area contributed by atoms with E-state index in [0.717, 1.165) is 19.3 Å². The zero-order valence-electron chi connectivity index (χ0n) is 15.3. The first-order valence-corrected chi connectivity index (χ1v) is 10.5. The predicted molar refractivity (Wildman–Crippen MR) is 102 cm³/mol. The van der Waals surface area contributed by atoms with Gasteiger partial charge in [0.15, 0.2) is 11.6 Å². The van der Waals surface area contributed by atoms with E-state index in [-0.39, 0.29) is 17.3 Å². The zero-order chi connectivity index (χ0) is 19.3. The van der Waals surface area contributed by atoms with Crippen molar-refractivity contribution in [2.45, 2.75) is 24.2 Å². The van der Waals surface area contributed by atoms with E-state index in [1.807, 2.05) is 11.9 Å². The van der Waals surface area contributed by atoms with Crippen molar-refractivity contribution in [3.05, 3.63) is 48.4 Å². The molecule has 0 amide bonds. The van der Waals surface area contributed by atoms with Gasteiger partial charge in [-0.3, -0.25) is 0 Å². The average Bonchev–Trinajstić information content (AvgIpc) is 2.70. The Hall–Kier alpha value is -2.19. The fraction of sp³-hybridized carbons (Fsp3) is 0.421. The molecule has 0 saturated carbocycles. The molecular weight excluding hydrogens is 369 g/mol. The summed E-state index contributed by atoms with van der Waals surface area (Å²) >= 11 is 0. The van der Waals surface area contributed by atoms with Gasteiger partial charge in [0.2, 0.25) is 10.0 Å². The summed E-state index contributed by atoms with van der Waals surface area (Å²) in [5.74, 6) is 0.442. The van der Waals surface area contributed by atoms with Crippen molar-refractivity contribution in [3.8, 4) is 5.75 Å². The van der Waals surface area contributed by atoms with Crippen LogP contribution in [0.2, 0.25) is 0 Å². The number of benzene rings is 1. The first-order valence-electron chi connectivity index (χ1n) is 9.03. The second-order valence-corrected chi connectivity index (χ2v) is 8.46. The summed E-state index contributed by atoms with van der Waals surface area (Å²) in [5, 5.41) is 0. The third kappa shape index (κ3) is 4.75. The van der Waals surface area contributed by atoms with Crippen molar-refractivity contribution in [1.29, 1.82) is 0 Å². The largest absolute Gasteiger partial charge is 0.489 e. The Morgan fingerprint density at radius 1 is 1.15 bits per heavy atom. The number of pyridine rings is 1. The van der Waals surface area contributed by atoms with E-state index in [9.17, 15) is 12.8 Å². The van der Waals surface area contributed by atoms with Crippen molar-refractivity contribution in [2.75, 3.05) is 38.2 Å². The van der Waals surface area contributed by atoms with Gasteiger partial charge in [-0.2, -0.15) is 4.31 Å². The second-order valence-electron chi connectivity index (χ2n) is 6.52. The number of rotatable bonds is 7. The number of hydrogen-bond donors (Lipinski definition) is 0. The Morgan fingerprint density at radius 2 is 1.89 bits per heavy atom. The number of likely N-dealkylation sites (N-methyl/N-ethyl adjacent to an activating group) is 1. The van der Waals surface area contributed by atoms with Crippen LogP contribution in [0.15, 0.2) is 47.5 Å². The van der Waals surface area contributed by atoms with Crippen LogP contribution in [0, 0.1) is 5.82 Å². The molecule has 2 aromatic rings. The maximum atomic E-state index is 13.5. The topological polar surface area (TPSA) is 62.7 Å². The van der Waals surface area contributed by atoms with E-state index in [4.69, 9.17) is 4.74 Å². The van der Waals surface area contributed by atoms with Crippen LogP contribution in [0.3, 0.4) is 0 Å². The molecule has 1 aromatic carbocycles. The quantitative estimate of drug-likeness (QED) is 0.724. The predicted octanol–water partition coefficient (Wildman–Crippen LogP) is 2.91. The molecule has 0 radical (unpaired) electrons. The number of piperidine rings is 1. The van der Waals surface area contributed by atoms with Gasteiger partial charge in [-0.25, -0.2) is 17.8 Å². The monoisotopic (exact) mass is 393 g/mol. The van der Waals surface area contributed by atoms with Crippen LogP contribution >= 0.6 is 0 Å². The van der Waals surface area contributed by atoms with Gasteiger partial charge >= 0.3 is 0 Å². The lowest BCUT2D eigenvalue weighted by Crippen LogP contribution is -2.35. The summed E-state index contributed by atoms with van der Waals surface area (Å²) in [6, 6.07) is 9.51. The number of para-hydroxylation sites is 1. The summed E-state index contributed by atoms with van der Waals surface area (Å²) in [5.41, 5.74) is 0. The van der Waals surface area contributed by atoms with Crippen LogP contribution in [0.5, 0.6) is 5.75 Å². The van der Waals surface area contributed by atoms with Crippen molar-refractivity contribution >= 4 is 15.8 Å². The van der Waals surface area contributed by atoms with Crippen molar-refractivity contribution in [2.24, 2.45) is 0 Å². The van der Waals surface area contributed by atoms with Crippen LogP contribution in [0.4, 0.5) is 10.2 Å². The molecule has 8 heteroatoms. The highest BCUT2D eigenvalue weighted by Crippen LogP contribution is 2.21. The average molecular weight is 393 g/mol. The number of sulfonamides is 1. The SMILES string of the molecule is CN(CCOc1ccccc1F)c1ccc(S(=O)(=O)N2CCCCC2)cn1. The minimum Gasteiger partial charge on any atom is -0.489 e. The molecule has 1 aromatic heterocycles. The van der Waals surface area contributed by atoms with Gasteiger partial charge in [0.05, 0.1) is 6.54 Å². The molecule has 0 bridgehead atoms. The molecule has 0 N–H and O–H groups in total. The molecule has 3 rings (SSSR count). The lowest BCUT2D eigenvalue weighted by Gasteiger charge is -2.26. The number of halogens is 1. The first kappa shape index (κ1) is 19.6. The molecule has 0 spiro atoms. The normalized spacial score (nSPS) is 15.5. The number of ether oxygens (including phenoxy) is 1. The molecule has 0 unspecified atom stereocenters. The molecule has 1 aliphatic rings. The Balaban J connectivity index is 1.58. The molecule has 27 heavy (non-hydrogen) atoms. The lowest BCUT2D eigenvalue weighted by molar-refractivity contribution is 0.309. The smallest absolute Gasteiger partial charge is 0.244 e. The van der Waals surface area contributed by atoms with Gasteiger partial charge < -0.3 is 9.64 Å². The van der Waals surface area contributed by atoms with Gasteiger partial charge in [0, 0.05) is 26.3 Å². The Morgan fingerprint density at radius 3 is 2.56 bits per heavy atom. The molecule has 2 heterocycles. The standard InChI is InChI=1S/C19H24FN3O3S/c1-22(13-14-26-18-8-4-3-7-17(18)20)19-10-9-16(15-21-19)27(24,25)23-11-5-2-6-12-23/h3-4,7-10,15H,2,5-6,11-14H2,1H3. The molecule has 0 aliphatic carbocycles. The summed E-state index contributed by atoms with van der Waals surface area (Å²) < 4.78 is 45.8. The van der Waals surface area contributed by atoms with E-state index in [2.05, 4.69) is 4.98 Å². The van der Waals surface area contributed by atoms with Crippen LogP contribution in [-0.2, 0) is 10.0 Å². The number of anilines is 1. The van der Waals surface area contributed by atoms with E-state index in [0.29, 0.717) is 25.5 Å². The third-order valence-corrected chi connectivity index (χ3v) is 6.47. The first-order chi connectivity index (χ1) is 13.0. The highest BCUT2D eigenvalue weighted by atomic mass is 32.2.